The summed E-state index contributed by atoms with van der Waals surface area (Å²) in [6.07, 6.45) is 7.05. The average molecular weight is 343 g/mol. The van der Waals surface area contributed by atoms with Gasteiger partial charge in [0.2, 0.25) is 5.91 Å². The molecule has 0 aliphatic carbocycles. The topological polar surface area (TPSA) is 73.0 Å². The Morgan fingerprint density at radius 3 is 3.17 bits per heavy atom. The Balaban J connectivity index is 1.52. The van der Waals surface area contributed by atoms with E-state index in [1.165, 1.54) is 22.2 Å². The molecule has 1 aliphatic rings. The van der Waals surface area contributed by atoms with E-state index in [9.17, 15) is 9.59 Å². The van der Waals surface area contributed by atoms with Gasteiger partial charge in [-0.2, -0.15) is 5.10 Å². The van der Waals surface area contributed by atoms with E-state index in [-0.39, 0.29) is 24.1 Å². The minimum atomic E-state index is -0.155. The van der Waals surface area contributed by atoms with Crippen molar-refractivity contribution >= 4 is 27.5 Å². The molecule has 0 saturated carbocycles. The summed E-state index contributed by atoms with van der Waals surface area (Å²) in [5.41, 5.74) is -0.155. The van der Waals surface area contributed by atoms with Crippen molar-refractivity contribution in [3.63, 3.8) is 0 Å². The number of hydrogen-bond acceptors (Lipinski definition) is 5. The summed E-state index contributed by atoms with van der Waals surface area (Å²) in [5.74, 6) is -0.0388. The van der Waals surface area contributed by atoms with Crippen molar-refractivity contribution in [1.82, 2.24) is 24.2 Å². The third kappa shape index (κ3) is 2.73. The SMILES string of the molecule is O=C(Cn1cnc2sccc2c1=O)N1CCCC1Cn1cccn1. The van der Waals surface area contributed by atoms with E-state index in [2.05, 4.69) is 10.1 Å². The van der Waals surface area contributed by atoms with E-state index >= 15 is 0 Å². The number of hydrogen-bond donors (Lipinski definition) is 0. The third-order valence-corrected chi connectivity index (χ3v) is 5.23. The lowest BCUT2D eigenvalue weighted by Gasteiger charge is -2.25. The molecule has 1 atom stereocenters. The van der Waals surface area contributed by atoms with Gasteiger partial charge in [0, 0.05) is 18.9 Å². The van der Waals surface area contributed by atoms with Crippen molar-refractivity contribution in [2.24, 2.45) is 0 Å². The molecule has 0 bridgehead atoms. The number of nitrogens with zero attached hydrogens (tertiary/aromatic N) is 5. The molecule has 124 valence electrons. The first-order valence-electron chi connectivity index (χ1n) is 7.92. The highest BCUT2D eigenvalue weighted by Gasteiger charge is 2.29. The molecule has 4 heterocycles. The standard InChI is InChI=1S/C16H17N5O2S/c22-14(10-19-11-17-15-13(16(19)23)4-8-24-15)21-7-1-3-12(21)9-20-6-2-5-18-20/h2,4-6,8,11-12H,1,3,7,9-10H2. The van der Waals surface area contributed by atoms with Crippen molar-refractivity contribution < 1.29 is 4.79 Å². The second-order valence-electron chi connectivity index (χ2n) is 5.93. The molecular formula is C16H17N5O2S. The van der Waals surface area contributed by atoms with Gasteiger partial charge in [-0.15, -0.1) is 11.3 Å². The molecule has 0 aromatic carbocycles. The van der Waals surface area contributed by atoms with Crippen LogP contribution in [0.2, 0.25) is 0 Å². The number of carbonyl (C=O) groups excluding carboxylic acids is 1. The Morgan fingerprint density at radius 2 is 2.33 bits per heavy atom. The number of amides is 1. The monoisotopic (exact) mass is 343 g/mol. The minimum Gasteiger partial charge on any atom is -0.336 e. The van der Waals surface area contributed by atoms with Gasteiger partial charge in [-0.25, -0.2) is 4.98 Å². The Kier molecular flexibility index (Phi) is 3.89. The molecular weight excluding hydrogens is 326 g/mol. The highest BCUT2D eigenvalue weighted by atomic mass is 32.1. The van der Waals surface area contributed by atoms with Gasteiger partial charge in [0.05, 0.1) is 24.3 Å². The molecule has 1 unspecified atom stereocenters. The van der Waals surface area contributed by atoms with Crippen LogP contribution in [0.4, 0.5) is 0 Å². The second-order valence-corrected chi connectivity index (χ2v) is 6.82. The Morgan fingerprint density at radius 1 is 1.42 bits per heavy atom. The van der Waals surface area contributed by atoms with Crippen LogP contribution in [0, 0.1) is 0 Å². The fourth-order valence-corrected chi connectivity index (χ4v) is 3.94. The van der Waals surface area contributed by atoms with Crippen LogP contribution in [-0.2, 0) is 17.9 Å². The fourth-order valence-electron chi connectivity index (χ4n) is 3.22. The largest absolute Gasteiger partial charge is 0.336 e. The number of likely N-dealkylation sites (tertiary alicyclic amines) is 1. The van der Waals surface area contributed by atoms with E-state index in [1.54, 1.807) is 12.3 Å². The van der Waals surface area contributed by atoms with Gasteiger partial charge in [-0.05, 0) is 30.4 Å². The Hall–Kier alpha value is -2.48. The van der Waals surface area contributed by atoms with Crippen LogP contribution >= 0.6 is 11.3 Å². The van der Waals surface area contributed by atoms with Crippen LogP contribution in [0.3, 0.4) is 0 Å². The van der Waals surface area contributed by atoms with Crippen LogP contribution in [0.15, 0.2) is 41.0 Å². The van der Waals surface area contributed by atoms with Gasteiger partial charge in [0.1, 0.15) is 11.4 Å². The molecule has 7 nitrogen and oxygen atoms in total. The number of carbonyl (C=O) groups is 1. The predicted molar refractivity (Wildman–Crippen MR) is 90.8 cm³/mol. The predicted octanol–water partition coefficient (Wildman–Crippen LogP) is 1.35. The van der Waals surface area contributed by atoms with Crippen LogP contribution < -0.4 is 5.56 Å². The quantitative estimate of drug-likeness (QED) is 0.717. The van der Waals surface area contributed by atoms with Crippen molar-refractivity contribution in [3.05, 3.63) is 46.6 Å². The maximum Gasteiger partial charge on any atom is 0.262 e. The smallest absolute Gasteiger partial charge is 0.262 e. The lowest BCUT2D eigenvalue weighted by atomic mass is 10.2. The average Bonchev–Trinajstić information content (AvgIpc) is 3.31. The molecule has 0 spiro atoms. The zero-order valence-electron chi connectivity index (χ0n) is 13.0. The van der Waals surface area contributed by atoms with Crippen LogP contribution in [0.1, 0.15) is 12.8 Å². The number of aromatic nitrogens is 4. The molecule has 1 saturated heterocycles. The molecule has 1 amide bonds. The van der Waals surface area contributed by atoms with E-state index in [4.69, 9.17) is 0 Å². The van der Waals surface area contributed by atoms with Crippen LogP contribution in [-0.4, -0.2) is 42.7 Å². The molecule has 1 aliphatic heterocycles. The van der Waals surface area contributed by atoms with Gasteiger partial charge < -0.3 is 4.90 Å². The van der Waals surface area contributed by atoms with Crippen LogP contribution in [0.25, 0.3) is 10.2 Å². The van der Waals surface area contributed by atoms with Crippen molar-refractivity contribution in [2.45, 2.75) is 32.0 Å². The van der Waals surface area contributed by atoms with Crippen molar-refractivity contribution in [1.29, 1.82) is 0 Å². The summed E-state index contributed by atoms with van der Waals surface area (Å²) >= 11 is 1.43. The third-order valence-electron chi connectivity index (χ3n) is 4.41. The maximum atomic E-state index is 12.7. The van der Waals surface area contributed by atoms with Gasteiger partial charge in [0.25, 0.3) is 5.56 Å². The minimum absolute atomic E-state index is 0.0349. The fraction of sp³-hybridized carbons (Fsp3) is 0.375. The zero-order valence-corrected chi connectivity index (χ0v) is 13.9. The molecule has 1 fully saturated rings. The first-order valence-corrected chi connectivity index (χ1v) is 8.80. The lowest BCUT2D eigenvalue weighted by molar-refractivity contribution is -0.133. The molecule has 3 aromatic heterocycles. The summed E-state index contributed by atoms with van der Waals surface area (Å²) < 4.78 is 3.25. The summed E-state index contributed by atoms with van der Waals surface area (Å²) in [7, 11) is 0. The highest BCUT2D eigenvalue weighted by molar-refractivity contribution is 7.16. The number of fused-ring (bicyclic) bond motifs is 1. The van der Waals surface area contributed by atoms with E-state index in [1.807, 2.05) is 27.2 Å². The summed E-state index contributed by atoms with van der Waals surface area (Å²) in [6.45, 7) is 1.45. The molecule has 0 N–H and O–H groups in total. The summed E-state index contributed by atoms with van der Waals surface area (Å²) in [6, 6.07) is 3.76. The van der Waals surface area contributed by atoms with Crippen molar-refractivity contribution in [2.75, 3.05) is 6.54 Å². The Labute approximate surface area is 142 Å². The normalized spacial score (nSPS) is 17.7. The summed E-state index contributed by atoms with van der Waals surface area (Å²) in [5, 5.41) is 6.63. The lowest BCUT2D eigenvalue weighted by Crippen LogP contribution is -2.41. The molecule has 4 rings (SSSR count). The molecule has 8 heteroatoms. The van der Waals surface area contributed by atoms with E-state index < -0.39 is 0 Å². The first kappa shape index (κ1) is 15.1. The first-order chi connectivity index (χ1) is 11.7. The van der Waals surface area contributed by atoms with Gasteiger partial charge in [-0.1, -0.05) is 0 Å². The zero-order chi connectivity index (χ0) is 16.5. The molecule has 24 heavy (non-hydrogen) atoms. The van der Waals surface area contributed by atoms with Gasteiger partial charge in [-0.3, -0.25) is 18.8 Å². The summed E-state index contributed by atoms with van der Waals surface area (Å²) in [4.78, 5) is 31.9. The van der Waals surface area contributed by atoms with E-state index in [0.29, 0.717) is 16.8 Å². The second kappa shape index (κ2) is 6.20. The number of rotatable bonds is 4. The van der Waals surface area contributed by atoms with E-state index in [0.717, 1.165) is 19.4 Å². The van der Waals surface area contributed by atoms with Crippen LogP contribution in [0.5, 0.6) is 0 Å². The molecule has 3 aromatic rings. The number of thiophene rings is 1. The van der Waals surface area contributed by atoms with Gasteiger partial charge in [0.15, 0.2) is 0 Å². The van der Waals surface area contributed by atoms with Crippen molar-refractivity contribution in [3.8, 4) is 0 Å². The Bertz CT molecular complexity index is 914. The highest BCUT2D eigenvalue weighted by Crippen LogP contribution is 2.19. The molecule has 0 radical (unpaired) electrons. The maximum absolute atomic E-state index is 12.7. The van der Waals surface area contributed by atoms with Gasteiger partial charge >= 0.3 is 0 Å².